The molecule has 0 saturated heterocycles. The smallest absolute Gasteiger partial charge is 0.198 e. The van der Waals surface area contributed by atoms with Crippen LogP contribution in [0.15, 0.2) is 21.2 Å². The van der Waals surface area contributed by atoms with Gasteiger partial charge in [-0.3, -0.25) is 0 Å². The number of furan rings is 1. The van der Waals surface area contributed by atoms with Gasteiger partial charge < -0.3 is 9.73 Å². The van der Waals surface area contributed by atoms with Crippen molar-refractivity contribution in [1.29, 1.82) is 0 Å². The third-order valence-corrected chi connectivity index (χ3v) is 3.70. The highest BCUT2D eigenvalue weighted by Gasteiger charge is 2.15. The summed E-state index contributed by atoms with van der Waals surface area (Å²) in [5.74, 6) is 2.21. The molecule has 0 fully saturated rings. The molecule has 2 aromatic heterocycles. The number of rotatable bonds is 5. The first kappa shape index (κ1) is 14.1. The maximum atomic E-state index is 5.48. The zero-order chi connectivity index (χ0) is 13.8. The largest absolute Gasteiger partial charge is 0.461 e. The predicted octanol–water partition coefficient (Wildman–Crippen LogP) is 4.19. The van der Waals surface area contributed by atoms with Crippen LogP contribution < -0.4 is 5.32 Å². The summed E-state index contributed by atoms with van der Waals surface area (Å²) in [6, 6.07) is 1.92. The van der Waals surface area contributed by atoms with Crippen molar-refractivity contribution in [1.82, 2.24) is 9.97 Å². The van der Waals surface area contributed by atoms with Crippen LogP contribution in [0.5, 0.6) is 0 Å². The molecule has 4 nitrogen and oxygen atoms in total. The Morgan fingerprint density at radius 3 is 2.68 bits per heavy atom. The van der Waals surface area contributed by atoms with Crippen molar-refractivity contribution in [2.24, 2.45) is 0 Å². The molecule has 0 spiro atoms. The van der Waals surface area contributed by atoms with E-state index in [4.69, 9.17) is 4.42 Å². The molecule has 0 aliphatic rings. The molecule has 0 bridgehead atoms. The summed E-state index contributed by atoms with van der Waals surface area (Å²) in [7, 11) is 0. The number of aryl methyl sites for hydroxylation is 2. The van der Waals surface area contributed by atoms with Gasteiger partial charge in [0.2, 0.25) is 0 Å². The Bertz CT molecular complexity index is 566. The number of anilines is 1. The minimum absolute atomic E-state index is 0.640. The first-order chi connectivity index (χ1) is 9.17. The van der Waals surface area contributed by atoms with Gasteiger partial charge in [0, 0.05) is 6.54 Å². The molecule has 0 atom stereocenters. The zero-order valence-corrected chi connectivity index (χ0v) is 13.0. The first-order valence-electron chi connectivity index (χ1n) is 6.52. The van der Waals surface area contributed by atoms with Gasteiger partial charge in [0.1, 0.15) is 5.82 Å². The Kier molecular flexibility index (Phi) is 4.58. The van der Waals surface area contributed by atoms with Crippen LogP contribution in [0.4, 0.5) is 5.82 Å². The first-order valence-corrected chi connectivity index (χ1v) is 7.31. The lowest BCUT2D eigenvalue weighted by Gasteiger charge is -2.11. The SMILES string of the molecule is CCCNc1nc(-c2occc2C)nc(CC)c1Br. The van der Waals surface area contributed by atoms with Crippen molar-refractivity contribution in [2.45, 2.75) is 33.6 Å². The van der Waals surface area contributed by atoms with Crippen molar-refractivity contribution in [3.63, 3.8) is 0 Å². The topological polar surface area (TPSA) is 51.0 Å². The van der Waals surface area contributed by atoms with E-state index in [0.29, 0.717) is 5.82 Å². The van der Waals surface area contributed by atoms with Gasteiger partial charge in [-0.2, -0.15) is 0 Å². The van der Waals surface area contributed by atoms with Crippen LogP contribution in [-0.2, 0) is 6.42 Å². The van der Waals surface area contributed by atoms with Crippen LogP contribution in [-0.4, -0.2) is 16.5 Å². The summed E-state index contributed by atoms with van der Waals surface area (Å²) < 4.78 is 6.42. The van der Waals surface area contributed by atoms with Crippen LogP contribution in [0.3, 0.4) is 0 Å². The average molecular weight is 324 g/mol. The number of halogens is 1. The van der Waals surface area contributed by atoms with Crippen LogP contribution in [0.2, 0.25) is 0 Å². The van der Waals surface area contributed by atoms with E-state index in [0.717, 1.165) is 46.7 Å². The lowest BCUT2D eigenvalue weighted by Crippen LogP contribution is -2.07. The van der Waals surface area contributed by atoms with E-state index in [1.165, 1.54) is 0 Å². The second kappa shape index (κ2) is 6.19. The Hall–Kier alpha value is -1.36. The van der Waals surface area contributed by atoms with E-state index >= 15 is 0 Å². The molecule has 0 aromatic carbocycles. The van der Waals surface area contributed by atoms with E-state index in [-0.39, 0.29) is 0 Å². The molecule has 5 heteroatoms. The summed E-state index contributed by atoms with van der Waals surface area (Å²) in [6.45, 7) is 7.08. The van der Waals surface area contributed by atoms with Gasteiger partial charge in [0.25, 0.3) is 0 Å². The minimum Gasteiger partial charge on any atom is -0.461 e. The Morgan fingerprint density at radius 1 is 1.32 bits per heavy atom. The normalized spacial score (nSPS) is 10.7. The molecule has 0 saturated carbocycles. The minimum atomic E-state index is 0.640. The Balaban J connectivity index is 2.47. The highest BCUT2D eigenvalue weighted by atomic mass is 79.9. The molecule has 0 unspecified atom stereocenters. The lowest BCUT2D eigenvalue weighted by molar-refractivity contribution is 0.575. The second-order valence-corrected chi connectivity index (χ2v) is 5.16. The van der Waals surface area contributed by atoms with Crippen molar-refractivity contribution in [3.8, 4) is 11.6 Å². The molecule has 0 aliphatic carbocycles. The number of hydrogen-bond acceptors (Lipinski definition) is 4. The maximum Gasteiger partial charge on any atom is 0.198 e. The van der Waals surface area contributed by atoms with Gasteiger partial charge in [-0.1, -0.05) is 13.8 Å². The van der Waals surface area contributed by atoms with Gasteiger partial charge in [-0.25, -0.2) is 9.97 Å². The molecule has 1 N–H and O–H groups in total. The van der Waals surface area contributed by atoms with Crippen LogP contribution >= 0.6 is 15.9 Å². The highest BCUT2D eigenvalue weighted by Crippen LogP contribution is 2.29. The van der Waals surface area contributed by atoms with Crippen molar-refractivity contribution in [2.75, 3.05) is 11.9 Å². The molecule has 0 radical (unpaired) electrons. The van der Waals surface area contributed by atoms with Crippen molar-refractivity contribution >= 4 is 21.7 Å². The average Bonchev–Trinajstić information content (AvgIpc) is 2.84. The molecule has 2 aromatic rings. The number of nitrogens with one attached hydrogen (secondary N) is 1. The summed E-state index contributed by atoms with van der Waals surface area (Å²) >= 11 is 3.57. The summed E-state index contributed by atoms with van der Waals surface area (Å²) in [5, 5.41) is 3.32. The van der Waals surface area contributed by atoms with Gasteiger partial charge in [-0.15, -0.1) is 0 Å². The van der Waals surface area contributed by atoms with E-state index in [2.05, 4.69) is 45.1 Å². The van der Waals surface area contributed by atoms with Crippen molar-refractivity contribution in [3.05, 3.63) is 28.1 Å². The second-order valence-electron chi connectivity index (χ2n) is 4.37. The standard InChI is InChI=1S/C14H18BrN3O/c1-4-7-16-13-11(15)10(5-2)17-14(18-13)12-9(3)6-8-19-12/h6,8H,4-5,7H2,1-3H3,(H,16,17,18). The van der Waals surface area contributed by atoms with Crippen LogP contribution in [0.1, 0.15) is 31.5 Å². The fraction of sp³-hybridized carbons (Fsp3) is 0.429. The van der Waals surface area contributed by atoms with E-state index in [1.54, 1.807) is 6.26 Å². The Labute approximate surface area is 121 Å². The molecule has 2 rings (SSSR count). The zero-order valence-electron chi connectivity index (χ0n) is 11.5. The van der Waals surface area contributed by atoms with Gasteiger partial charge >= 0.3 is 0 Å². The number of aromatic nitrogens is 2. The monoisotopic (exact) mass is 323 g/mol. The van der Waals surface area contributed by atoms with Gasteiger partial charge in [0.05, 0.1) is 16.4 Å². The van der Waals surface area contributed by atoms with E-state index in [9.17, 15) is 0 Å². The number of nitrogens with zero attached hydrogens (tertiary/aromatic N) is 2. The quantitative estimate of drug-likeness (QED) is 0.896. The van der Waals surface area contributed by atoms with Crippen LogP contribution in [0, 0.1) is 6.92 Å². The van der Waals surface area contributed by atoms with E-state index < -0.39 is 0 Å². The third-order valence-electron chi connectivity index (χ3n) is 2.86. The Morgan fingerprint density at radius 2 is 2.11 bits per heavy atom. The molecule has 0 aliphatic heterocycles. The number of hydrogen-bond donors (Lipinski definition) is 1. The molecular weight excluding hydrogens is 306 g/mol. The molecule has 2 heterocycles. The summed E-state index contributed by atoms with van der Waals surface area (Å²) in [6.07, 6.45) is 3.56. The summed E-state index contributed by atoms with van der Waals surface area (Å²) in [5.41, 5.74) is 2.03. The molecule has 0 amide bonds. The molecular formula is C14H18BrN3O. The summed E-state index contributed by atoms with van der Waals surface area (Å²) in [4.78, 5) is 9.13. The fourth-order valence-corrected chi connectivity index (χ4v) is 2.39. The predicted molar refractivity (Wildman–Crippen MR) is 80.3 cm³/mol. The lowest BCUT2D eigenvalue weighted by atomic mass is 10.2. The highest BCUT2D eigenvalue weighted by molar-refractivity contribution is 9.10. The van der Waals surface area contributed by atoms with Crippen LogP contribution in [0.25, 0.3) is 11.6 Å². The van der Waals surface area contributed by atoms with Gasteiger partial charge in [-0.05, 0) is 47.3 Å². The van der Waals surface area contributed by atoms with Gasteiger partial charge in [0.15, 0.2) is 11.6 Å². The third kappa shape index (κ3) is 2.97. The maximum absolute atomic E-state index is 5.48. The van der Waals surface area contributed by atoms with E-state index in [1.807, 2.05) is 13.0 Å². The molecule has 19 heavy (non-hydrogen) atoms. The molecule has 102 valence electrons. The van der Waals surface area contributed by atoms with Crippen molar-refractivity contribution < 1.29 is 4.42 Å². The fourth-order valence-electron chi connectivity index (χ4n) is 1.79.